The van der Waals surface area contributed by atoms with Gasteiger partial charge in [-0.15, -0.1) is 0 Å². The molecule has 1 atom stereocenters. The van der Waals surface area contributed by atoms with Gasteiger partial charge in [0.15, 0.2) is 0 Å². The lowest BCUT2D eigenvalue weighted by atomic mass is 10.2. The van der Waals surface area contributed by atoms with Crippen LogP contribution in [0.1, 0.15) is 24.2 Å². The molecule has 1 saturated heterocycles. The second-order valence-electron chi connectivity index (χ2n) is 5.93. The zero-order chi connectivity index (χ0) is 17.5. The SMILES string of the molecule is CC(NC(=O)NCc1ccc(N2CCOCC2)nc1)c1ccccn1. The molecule has 2 amide bonds. The molecule has 0 radical (unpaired) electrons. The Morgan fingerprint density at radius 1 is 1.24 bits per heavy atom. The van der Waals surface area contributed by atoms with E-state index in [9.17, 15) is 4.79 Å². The summed E-state index contributed by atoms with van der Waals surface area (Å²) in [6, 6.07) is 9.23. The van der Waals surface area contributed by atoms with E-state index in [0.29, 0.717) is 6.54 Å². The van der Waals surface area contributed by atoms with E-state index in [-0.39, 0.29) is 12.1 Å². The zero-order valence-corrected chi connectivity index (χ0v) is 14.3. The van der Waals surface area contributed by atoms with Gasteiger partial charge in [0.1, 0.15) is 5.82 Å². The third-order valence-corrected chi connectivity index (χ3v) is 4.08. The minimum absolute atomic E-state index is 0.150. The summed E-state index contributed by atoms with van der Waals surface area (Å²) in [5, 5.41) is 5.72. The Balaban J connectivity index is 1.47. The van der Waals surface area contributed by atoms with Gasteiger partial charge >= 0.3 is 6.03 Å². The van der Waals surface area contributed by atoms with Crippen LogP contribution in [0.4, 0.5) is 10.6 Å². The second kappa shape index (κ2) is 8.43. The summed E-state index contributed by atoms with van der Waals surface area (Å²) in [7, 11) is 0. The molecular formula is C18H23N5O2. The first kappa shape index (κ1) is 17.2. The normalized spacial score (nSPS) is 15.5. The molecule has 25 heavy (non-hydrogen) atoms. The summed E-state index contributed by atoms with van der Waals surface area (Å²) in [4.78, 5) is 22.9. The molecule has 2 aromatic rings. The molecule has 7 nitrogen and oxygen atoms in total. The van der Waals surface area contributed by atoms with Gasteiger partial charge in [0.2, 0.25) is 0 Å². The lowest BCUT2D eigenvalue weighted by Gasteiger charge is -2.27. The van der Waals surface area contributed by atoms with E-state index in [0.717, 1.165) is 43.4 Å². The molecule has 3 heterocycles. The minimum atomic E-state index is -0.226. The van der Waals surface area contributed by atoms with Crippen LogP contribution in [-0.2, 0) is 11.3 Å². The Hall–Kier alpha value is -2.67. The number of hydrogen-bond acceptors (Lipinski definition) is 5. The van der Waals surface area contributed by atoms with Gasteiger partial charge in [-0.2, -0.15) is 0 Å². The van der Waals surface area contributed by atoms with Crippen molar-refractivity contribution < 1.29 is 9.53 Å². The number of carbonyl (C=O) groups excluding carboxylic acids is 1. The van der Waals surface area contributed by atoms with Gasteiger partial charge < -0.3 is 20.3 Å². The Morgan fingerprint density at radius 2 is 2.08 bits per heavy atom. The van der Waals surface area contributed by atoms with Crippen LogP contribution in [-0.4, -0.2) is 42.3 Å². The molecule has 1 aliphatic rings. The first-order valence-corrected chi connectivity index (χ1v) is 8.45. The van der Waals surface area contributed by atoms with E-state index in [2.05, 4.69) is 25.5 Å². The molecule has 0 saturated carbocycles. The maximum absolute atomic E-state index is 12.0. The molecular weight excluding hydrogens is 318 g/mol. The molecule has 2 aromatic heterocycles. The fourth-order valence-corrected chi connectivity index (χ4v) is 2.64. The van der Waals surface area contributed by atoms with Gasteiger partial charge in [0.05, 0.1) is 24.9 Å². The Labute approximate surface area is 147 Å². The molecule has 0 spiro atoms. The molecule has 1 fully saturated rings. The summed E-state index contributed by atoms with van der Waals surface area (Å²) in [5.74, 6) is 0.945. The monoisotopic (exact) mass is 341 g/mol. The Morgan fingerprint density at radius 3 is 2.76 bits per heavy atom. The van der Waals surface area contributed by atoms with E-state index in [1.54, 1.807) is 12.4 Å². The Kier molecular flexibility index (Phi) is 5.79. The topological polar surface area (TPSA) is 79.4 Å². The number of carbonyl (C=O) groups is 1. The van der Waals surface area contributed by atoms with E-state index in [4.69, 9.17) is 4.74 Å². The van der Waals surface area contributed by atoms with E-state index < -0.39 is 0 Å². The fraction of sp³-hybridized carbons (Fsp3) is 0.389. The van der Waals surface area contributed by atoms with Crippen molar-refractivity contribution >= 4 is 11.8 Å². The number of ether oxygens (including phenoxy) is 1. The summed E-state index contributed by atoms with van der Waals surface area (Å²) in [6.45, 7) is 5.52. The number of urea groups is 1. The van der Waals surface area contributed by atoms with Crippen molar-refractivity contribution in [3.8, 4) is 0 Å². The van der Waals surface area contributed by atoms with Gasteiger partial charge in [-0.05, 0) is 30.7 Å². The maximum Gasteiger partial charge on any atom is 0.315 e. The predicted octanol–water partition coefficient (Wildman–Crippen LogP) is 1.87. The molecule has 1 unspecified atom stereocenters. The number of rotatable bonds is 5. The van der Waals surface area contributed by atoms with Gasteiger partial charge in [0.25, 0.3) is 0 Å². The highest BCUT2D eigenvalue weighted by atomic mass is 16.5. The summed E-state index contributed by atoms with van der Waals surface area (Å²) in [5.41, 5.74) is 1.78. The Bertz CT molecular complexity index is 672. The molecule has 1 aliphatic heterocycles. The minimum Gasteiger partial charge on any atom is -0.378 e. The molecule has 132 valence electrons. The van der Waals surface area contributed by atoms with Crippen LogP contribution in [0.15, 0.2) is 42.7 Å². The number of anilines is 1. The van der Waals surface area contributed by atoms with Crippen molar-refractivity contribution in [2.24, 2.45) is 0 Å². The van der Waals surface area contributed by atoms with Gasteiger partial charge in [-0.3, -0.25) is 4.98 Å². The van der Waals surface area contributed by atoms with Gasteiger partial charge in [-0.25, -0.2) is 9.78 Å². The lowest BCUT2D eigenvalue weighted by molar-refractivity contribution is 0.122. The highest BCUT2D eigenvalue weighted by Gasteiger charge is 2.12. The number of nitrogens with zero attached hydrogens (tertiary/aromatic N) is 3. The third kappa shape index (κ3) is 4.90. The molecule has 2 N–H and O–H groups in total. The molecule has 0 aliphatic carbocycles. The van der Waals surface area contributed by atoms with Crippen molar-refractivity contribution in [1.82, 2.24) is 20.6 Å². The van der Waals surface area contributed by atoms with Crippen molar-refractivity contribution in [1.29, 1.82) is 0 Å². The summed E-state index contributed by atoms with van der Waals surface area (Å²) in [6.07, 6.45) is 3.51. The number of aromatic nitrogens is 2. The lowest BCUT2D eigenvalue weighted by Crippen LogP contribution is -2.37. The fourth-order valence-electron chi connectivity index (χ4n) is 2.64. The van der Waals surface area contributed by atoms with Crippen LogP contribution in [0.2, 0.25) is 0 Å². The van der Waals surface area contributed by atoms with E-state index in [1.807, 2.05) is 37.3 Å². The standard InChI is InChI=1S/C18H23N5O2/c1-14(16-4-2-3-7-19-16)22-18(24)21-13-15-5-6-17(20-12-15)23-8-10-25-11-9-23/h2-7,12,14H,8-11,13H2,1H3,(H2,21,22,24). The predicted molar refractivity (Wildman–Crippen MR) is 95.3 cm³/mol. The van der Waals surface area contributed by atoms with Gasteiger partial charge in [0, 0.05) is 32.0 Å². The van der Waals surface area contributed by atoms with Gasteiger partial charge in [-0.1, -0.05) is 12.1 Å². The second-order valence-corrected chi connectivity index (χ2v) is 5.93. The third-order valence-electron chi connectivity index (χ3n) is 4.08. The first-order chi connectivity index (χ1) is 12.2. The zero-order valence-electron chi connectivity index (χ0n) is 14.3. The van der Waals surface area contributed by atoms with Crippen LogP contribution < -0.4 is 15.5 Å². The average molecular weight is 341 g/mol. The molecule has 3 rings (SSSR count). The van der Waals surface area contributed by atoms with Crippen molar-refractivity contribution in [2.45, 2.75) is 19.5 Å². The highest BCUT2D eigenvalue weighted by Crippen LogP contribution is 2.13. The maximum atomic E-state index is 12.0. The van der Waals surface area contributed by atoms with Crippen LogP contribution in [0.25, 0.3) is 0 Å². The molecule has 0 bridgehead atoms. The largest absolute Gasteiger partial charge is 0.378 e. The average Bonchev–Trinajstić information content (AvgIpc) is 2.68. The molecule has 0 aromatic carbocycles. The number of hydrogen-bond donors (Lipinski definition) is 2. The molecule has 7 heteroatoms. The highest BCUT2D eigenvalue weighted by molar-refractivity contribution is 5.74. The van der Waals surface area contributed by atoms with Crippen LogP contribution in [0, 0.1) is 0 Å². The summed E-state index contributed by atoms with van der Waals surface area (Å²) >= 11 is 0. The number of pyridine rings is 2. The van der Waals surface area contributed by atoms with Crippen LogP contribution in [0.3, 0.4) is 0 Å². The quantitative estimate of drug-likeness (QED) is 0.868. The number of morpholine rings is 1. The van der Waals surface area contributed by atoms with Crippen molar-refractivity contribution in [3.63, 3.8) is 0 Å². The number of nitrogens with one attached hydrogen (secondary N) is 2. The van der Waals surface area contributed by atoms with Crippen LogP contribution in [0.5, 0.6) is 0 Å². The van der Waals surface area contributed by atoms with E-state index >= 15 is 0 Å². The van der Waals surface area contributed by atoms with E-state index in [1.165, 1.54) is 0 Å². The smallest absolute Gasteiger partial charge is 0.315 e. The summed E-state index contributed by atoms with van der Waals surface area (Å²) < 4.78 is 5.35. The number of amides is 2. The van der Waals surface area contributed by atoms with Crippen molar-refractivity contribution in [3.05, 3.63) is 54.0 Å². The first-order valence-electron chi connectivity index (χ1n) is 8.45. The van der Waals surface area contributed by atoms with Crippen molar-refractivity contribution in [2.75, 3.05) is 31.2 Å². The van der Waals surface area contributed by atoms with Crippen LogP contribution >= 0.6 is 0 Å².